The van der Waals surface area contributed by atoms with Crippen LogP contribution >= 0.6 is 19.3 Å². The zero-order valence-corrected chi connectivity index (χ0v) is 35.8. The lowest BCUT2D eigenvalue weighted by Crippen LogP contribution is -2.40. The minimum atomic E-state index is -0.927. The first-order valence-corrected chi connectivity index (χ1v) is 22.6. The van der Waals surface area contributed by atoms with Gasteiger partial charge >= 0.3 is 0 Å². The van der Waals surface area contributed by atoms with Gasteiger partial charge in [0, 0.05) is 56.5 Å². The van der Waals surface area contributed by atoms with Crippen LogP contribution in [0.15, 0.2) is 146 Å². The fourth-order valence-electron chi connectivity index (χ4n) is 9.17. The normalized spacial score (nSPS) is 14.7. The molecule has 1 atom stereocenters. The Hall–Kier alpha value is -5.67. The minimum Gasteiger partial charge on any atom is -0.309 e. The lowest BCUT2D eigenvalue weighted by atomic mass is 9.86. The van der Waals surface area contributed by atoms with Crippen molar-refractivity contribution in [3.8, 4) is 5.69 Å². The van der Waals surface area contributed by atoms with Crippen LogP contribution in [0.4, 0.5) is 34.1 Å². The van der Waals surface area contributed by atoms with Crippen LogP contribution < -0.4 is 25.0 Å². The van der Waals surface area contributed by atoms with E-state index in [1.807, 2.05) is 11.3 Å². The van der Waals surface area contributed by atoms with Crippen molar-refractivity contribution < 1.29 is 0 Å². The van der Waals surface area contributed by atoms with Crippen molar-refractivity contribution in [2.24, 2.45) is 0 Å². The maximum Gasteiger partial charge on any atom is 0.0731 e. The van der Waals surface area contributed by atoms with Crippen molar-refractivity contribution in [3.63, 3.8) is 0 Å². The number of hydrogen-bond acceptors (Lipinski definition) is 3. The lowest BCUT2D eigenvalue weighted by Gasteiger charge is -2.44. The van der Waals surface area contributed by atoms with Crippen molar-refractivity contribution in [3.05, 3.63) is 168 Å². The summed E-state index contributed by atoms with van der Waals surface area (Å²) in [6.45, 7) is 16.0. The van der Waals surface area contributed by atoms with Gasteiger partial charge in [-0.15, -0.1) is 11.3 Å². The quantitative estimate of drug-likeness (QED) is 0.165. The van der Waals surface area contributed by atoms with Crippen molar-refractivity contribution in [1.82, 2.24) is 4.57 Å². The number of nitrogens with zero attached hydrogens (tertiary/aromatic N) is 3. The van der Waals surface area contributed by atoms with Crippen LogP contribution in [0.5, 0.6) is 0 Å². The summed E-state index contributed by atoms with van der Waals surface area (Å²) in [5.74, 6) is 0.339. The zero-order valence-electron chi connectivity index (χ0n) is 34.1. The van der Waals surface area contributed by atoms with Crippen molar-refractivity contribution >= 4 is 101 Å². The monoisotopic (exact) mass is 787 g/mol. The third-order valence-corrected chi connectivity index (χ3v) is 16.4. The maximum atomic E-state index is 2.62. The Kier molecular flexibility index (Phi) is 7.90. The van der Waals surface area contributed by atoms with Gasteiger partial charge in [0.05, 0.1) is 38.4 Å². The van der Waals surface area contributed by atoms with Crippen LogP contribution in [0.25, 0.3) is 37.6 Å². The van der Waals surface area contributed by atoms with Gasteiger partial charge < -0.3 is 14.4 Å². The Bertz CT molecular complexity index is 3050. The molecule has 0 spiro atoms. The molecule has 0 saturated carbocycles. The van der Waals surface area contributed by atoms with Crippen LogP contribution in [-0.2, 0) is 5.41 Å². The highest BCUT2D eigenvalue weighted by molar-refractivity contribution is 7.86. The van der Waals surface area contributed by atoms with Crippen molar-refractivity contribution in [2.75, 3.05) is 9.80 Å². The van der Waals surface area contributed by atoms with E-state index in [0.29, 0.717) is 5.92 Å². The molecule has 0 aliphatic carbocycles. The van der Waals surface area contributed by atoms with E-state index in [0.717, 1.165) is 0 Å². The molecule has 5 heteroatoms. The largest absolute Gasteiger partial charge is 0.309 e. The Morgan fingerprint density at radius 1 is 0.552 bits per heavy atom. The molecule has 284 valence electrons. The average Bonchev–Trinajstić information content (AvgIpc) is 3.77. The molecule has 9 aromatic rings. The second kappa shape index (κ2) is 12.9. The Morgan fingerprint density at radius 3 is 1.72 bits per heavy atom. The number of fused-ring (bicyclic) bond motifs is 9. The van der Waals surface area contributed by atoms with E-state index < -0.39 is 7.92 Å². The van der Waals surface area contributed by atoms with Crippen LogP contribution in [-0.4, -0.2) is 4.57 Å². The van der Waals surface area contributed by atoms with E-state index in [-0.39, 0.29) is 5.41 Å². The van der Waals surface area contributed by atoms with Crippen LogP contribution in [0.1, 0.15) is 62.8 Å². The first-order valence-electron chi connectivity index (χ1n) is 20.5. The van der Waals surface area contributed by atoms with Crippen LogP contribution in [0.3, 0.4) is 0 Å². The molecule has 0 saturated heterocycles. The molecule has 2 aromatic heterocycles. The van der Waals surface area contributed by atoms with Gasteiger partial charge in [-0.25, -0.2) is 0 Å². The van der Waals surface area contributed by atoms with Gasteiger partial charge in [-0.3, -0.25) is 0 Å². The molecule has 7 aromatic carbocycles. The molecule has 1 unspecified atom stereocenters. The smallest absolute Gasteiger partial charge is 0.0731 e. The summed E-state index contributed by atoms with van der Waals surface area (Å²) in [6, 6.07) is 55.6. The molecule has 4 heterocycles. The highest BCUT2D eigenvalue weighted by Gasteiger charge is 2.43. The predicted molar refractivity (Wildman–Crippen MR) is 254 cm³/mol. The molecule has 0 N–H and O–H groups in total. The molecule has 0 fully saturated rings. The first-order chi connectivity index (χ1) is 28.0. The van der Waals surface area contributed by atoms with Gasteiger partial charge in [0.1, 0.15) is 0 Å². The molecule has 58 heavy (non-hydrogen) atoms. The number of hydrogen-bond donors (Lipinski definition) is 0. The van der Waals surface area contributed by atoms with Gasteiger partial charge in [0.15, 0.2) is 0 Å². The van der Waals surface area contributed by atoms with Crippen molar-refractivity contribution in [1.29, 1.82) is 0 Å². The minimum absolute atomic E-state index is 0.0305. The fraction of sp³-hybridized carbons (Fsp3) is 0.170. The number of rotatable bonds is 4. The molecule has 0 amide bonds. The number of para-hydroxylation sites is 2. The summed E-state index contributed by atoms with van der Waals surface area (Å²) in [5, 5.41) is 6.74. The first kappa shape index (κ1) is 35.5. The Morgan fingerprint density at radius 2 is 1.12 bits per heavy atom. The van der Waals surface area contributed by atoms with Gasteiger partial charge in [-0.1, -0.05) is 112 Å². The van der Waals surface area contributed by atoms with E-state index in [1.165, 1.54) is 109 Å². The molecule has 0 bridgehead atoms. The van der Waals surface area contributed by atoms with E-state index in [2.05, 4.69) is 208 Å². The summed E-state index contributed by atoms with van der Waals surface area (Å²) >= 11 is 2.00. The van der Waals surface area contributed by atoms with Crippen LogP contribution in [0.2, 0.25) is 0 Å². The summed E-state index contributed by atoms with van der Waals surface area (Å²) in [4.78, 5) is 5.20. The highest BCUT2D eigenvalue weighted by atomic mass is 32.1. The fourth-order valence-corrected chi connectivity index (χ4v) is 13.8. The van der Waals surface area contributed by atoms with Gasteiger partial charge in [-0.05, 0) is 115 Å². The van der Waals surface area contributed by atoms with Gasteiger partial charge in [0.25, 0.3) is 0 Å². The molecule has 11 rings (SSSR count). The highest BCUT2D eigenvalue weighted by Crippen LogP contribution is 2.60. The zero-order chi connectivity index (χ0) is 39.6. The maximum absolute atomic E-state index is 2.62. The Balaban J connectivity index is 1.26. The van der Waals surface area contributed by atoms with E-state index in [9.17, 15) is 0 Å². The SMILES string of the molecule is Cc1ccc(N2c3cc(-n4c5ccccc5c5ccccc54)ccc3P3c4sc5ccc(C(C)(C)C)cc5c4N(c4ccc(C)cc4)c4cc(C(C)C)cc2c43)cc1. The molecule has 3 nitrogen and oxygen atoms in total. The Labute approximate surface area is 346 Å². The summed E-state index contributed by atoms with van der Waals surface area (Å²) in [7, 11) is -0.927. The average molecular weight is 788 g/mol. The lowest BCUT2D eigenvalue weighted by molar-refractivity contribution is 0.591. The number of benzene rings is 7. The standard InChI is InChI=1S/C53H46N3PS/c1-32(2)35-28-46-51-47(29-35)56(38-23-18-34(4)19-24-38)50-42-30-36(53(5,6)7)20-27-49(42)58-52(50)57(51)48-26-25-39(31-45(48)54(46)37-21-16-33(3)17-22-37)55-43-14-10-8-12-40(43)41-13-9-11-15-44(41)55/h8-32H,1-7H3. The van der Waals surface area contributed by atoms with E-state index in [4.69, 9.17) is 0 Å². The third-order valence-electron chi connectivity index (χ3n) is 12.3. The number of anilines is 6. The van der Waals surface area contributed by atoms with E-state index in [1.54, 1.807) is 0 Å². The summed E-state index contributed by atoms with van der Waals surface area (Å²) < 4.78 is 5.29. The molecule has 2 aliphatic rings. The molecular weight excluding hydrogens is 742 g/mol. The second-order valence-corrected chi connectivity index (χ2v) is 20.9. The van der Waals surface area contributed by atoms with Crippen molar-refractivity contribution in [2.45, 2.75) is 59.8 Å². The molecular formula is C53H46N3PS. The molecule has 0 radical (unpaired) electrons. The second-order valence-electron chi connectivity index (χ2n) is 17.5. The predicted octanol–water partition coefficient (Wildman–Crippen LogP) is 14.4. The third kappa shape index (κ3) is 5.28. The van der Waals surface area contributed by atoms with Crippen LogP contribution in [0, 0.1) is 13.8 Å². The molecule has 2 aliphatic heterocycles. The number of thiophene rings is 1. The summed E-state index contributed by atoms with van der Waals surface area (Å²) in [6.07, 6.45) is 0. The van der Waals surface area contributed by atoms with E-state index >= 15 is 0 Å². The number of aromatic nitrogens is 1. The van der Waals surface area contributed by atoms with Gasteiger partial charge in [-0.2, -0.15) is 0 Å². The topological polar surface area (TPSA) is 11.4 Å². The number of aryl methyl sites for hydroxylation is 2. The van der Waals surface area contributed by atoms with Gasteiger partial charge in [0.2, 0.25) is 0 Å². The summed E-state index contributed by atoms with van der Waals surface area (Å²) in [5.41, 5.74) is 16.5.